The van der Waals surface area contributed by atoms with E-state index in [2.05, 4.69) is 210 Å². The van der Waals surface area contributed by atoms with Gasteiger partial charge >= 0.3 is 0 Å². The summed E-state index contributed by atoms with van der Waals surface area (Å²) < 4.78 is 0. The Morgan fingerprint density at radius 3 is 0.906 bits per heavy atom. The van der Waals surface area contributed by atoms with Gasteiger partial charge in [0.25, 0.3) is 0 Å². The van der Waals surface area contributed by atoms with Crippen LogP contribution in [-0.2, 0) is 38.9 Å². The van der Waals surface area contributed by atoms with Crippen molar-refractivity contribution in [2.45, 2.75) is 170 Å². The van der Waals surface area contributed by atoms with Crippen molar-refractivity contribution in [1.82, 2.24) is 0 Å². The fraction of sp³-hybridized carbons (Fsp3) is 0.500. The van der Waals surface area contributed by atoms with Gasteiger partial charge in [0, 0.05) is 0 Å². The molecular weight excluding hydrogens is 653 g/mol. The molecule has 284 valence electrons. The Labute approximate surface area is 327 Å². The molecule has 1 heteroatoms. The highest BCUT2D eigenvalue weighted by Gasteiger charge is 2.49. The zero-order chi connectivity index (χ0) is 39.9. The van der Waals surface area contributed by atoms with Gasteiger partial charge in [0.2, 0.25) is 0 Å². The first-order valence-corrected chi connectivity index (χ1v) is 22.2. The van der Waals surface area contributed by atoms with Gasteiger partial charge in [0.15, 0.2) is 8.07 Å². The molecule has 0 amide bonds. The van der Waals surface area contributed by atoms with Crippen LogP contribution in [0.4, 0.5) is 0 Å². The van der Waals surface area contributed by atoms with Crippen LogP contribution in [0.3, 0.4) is 0 Å². The summed E-state index contributed by atoms with van der Waals surface area (Å²) in [6.45, 7) is 45.6. The highest BCUT2D eigenvalue weighted by molar-refractivity contribution is 7.23. The third-order valence-corrected chi connectivity index (χ3v) is 16.7. The van der Waals surface area contributed by atoms with Gasteiger partial charge in [-0.1, -0.05) is 209 Å². The van der Waals surface area contributed by atoms with E-state index in [9.17, 15) is 0 Å². The average molecular weight is 725 g/mol. The Balaban J connectivity index is 2.21. The third-order valence-electron chi connectivity index (χ3n) is 11.8. The van der Waals surface area contributed by atoms with Gasteiger partial charge in [0.05, 0.1) is 0 Å². The topological polar surface area (TPSA) is 0 Å². The molecule has 0 aliphatic heterocycles. The monoisotopic (exact) mass is 725 g/mol. The lowest BCUT2D eigenvalue weighted by Gasteiger charge is -2.41. The second kappa shape index (κ2) is 13.3. The van der Waals surface area contributed by atoms with Crippen LogP contribution in [0, 0.1) is 0 Å². The highest BCUT2D eigenvalue weighted by atomic mass is 28.3. The molecule has 0 N–H and O–H groups in total. The van der Waals surface area contributed by atoms with Gasteiger partial charge < -0.3 is 0 Å². The quantitative estimate of drug-likeness (QED) is 0.145. The van der Waals surface area contributed by atoms with Crippen LogP contribution in [0.15, 0.2) is 84.4 Å². The molecular formula is C52H72Si. The molecule has 0 saturated carbocycles. The minimum Gasteiger partial charge on any atom is -0.0679 e. The van der Waals surface area contributed by atoms with Gasteiger partial charge in [-0.25, -0.2) is 0 Å². The number of hydrogen-bond donors (Lipinski definition) is 0. The summed E-state index contributed by atoms with van der Waals surface area (Å²) >= 11 is 0. The normalized spacial score (nSPS) is 14.9. The zero-order valence-corrected chi connectivity index (χ0v) is 38.2. The Bertz CT molecular complexity index is 1760. The summed E-state index contributed by atoms with van der Waals surface area (Å²) in [6.07, 6.45) is 1.00. The molecule has 1 aliphatic rings. The van der Waals surface area contributed by atoms with E-state index < -0.39 is 8.07 Å². The summed E-state index contributed by atoms with van der Waals surface area (Å²) in [7, 11) is -3.09. The first kappa shape index (κ1) is 41.0. The number of allylic oxidation sites excluding steroid dienone is 1. The van der Waals surface area contributed by atoms with Crippen LogP contribution in [0.25, 0.3) is 5.20 Å². The summed E-state index contributed by atoms with van der Waals surface area (Å²) in [5, 5.41) is 6.13. The summed E-state index contributed by atoms with van der Waals surface area (Å²) in [6, 6.07) is 32.8. The van der Waals surface area contributed by atoms with Crippen LogP contribution in [0.2, 0.25) is 0 Å². The van der Waals surface area contributed by atoms with Crippen LogP contribution >= 0.6 is 0 Å². The number of benzene rings is 4. The van der Waals surface area contributed by atoms with Crippen molar-refractivity contribution in [1.29, 1.82) is 0 Å². The standard InChI is InChI=1S/C52H72Si/c1-34-24-35-22-20-21-23-45(35)46(34)53(42-28-36(47(2,3)4)25-37(29-42)48(5,6)7,43-30-38(49(8,9)10)26-39(31-43)50(11,12)13)44-32-40(51(14,15)16)27-41(33-44)52(17,18)19/h20-23,25-33H,24H2,1-19H3. The van der Waals surface area contributed by atoms with Gasteiger partial charge in [-0.05, 0) is 111 Å². The lowest BCUT2D eigenvalue weighted by molar-refractivity contribution is 0.569. The fourth-order valence-corrected chi connectivity index (χ4v) is 13.6. The summed E-state index contributed by atoms with van der Waals surface area (Å²) in [5.74, 6) is 0. The minimum atomic E-state index is -3.09. The van der Waals surface area contributed by atoms with E-state index in [0.29, 0.717) is 0 Å². The second-order valence-electron chi connectivity index (χ2n) is 22.6. The molecule has 0 saturated heterocycles. The SMILES string of the molecule is CC1=C([Si](c2cc(C(C)(C)C)cc(C(C)(C)C)c2)(c2cc(C(C)(C)C)cc(C(C)(C)C)c2)c2cc(C(C)(C)C)cc(C(C)(C)C)c2)c2ccccc2C1. The van der Waals surface area contributed by atoms with Crippen molar-refractivity contribution >= 4 is 28.8 Å². The van der Waals surface area contributed by atoms with E-state index in [1.165, 1.54) is 65.6 Å². The number of fused-ring (bicyclic) bond motifs is 1. The molecule has 0 atom stereocenters. The van der Waals surface area contributed by atoms with Gasteiger partial charge in [-0.15, -0.1) is 0 Å². The molecule has 4 aromatic carbocycles. The lowest BCUT2D eigenvalue weighted by atomic mass is 9.80. The van der Waals surface area contributed by atoms with Gasteiger partial charge in [-0.3, -0.25) is 0 Å². The Hall–Kier alpha value is -3.16. The molecule has 0 heterocycles. The van der Waals surface area contributed by atoms with Crippen molar-refractivity contribution in [3.63, 3.8) is 0 Å². The van der Waals surface area contributed by atoms with Gasteiger partial charge in [0.1, 0.15) is 0 Å². The third kappa shape index (κ3) is 7.98. The molecule has 53 heavy (non-hydrogen) atoms. The van der Waals surface area contributed by atoms with E-state index >= 15 is 0 Å². The lowest BCUT2D eigenvalue weighted by Crippen LogP contribution is -2.69. The van der Waals surface area contributed by atoms with E-state index in [-0.39, 0.29) is 32.5 Å². The molecule has 0 aromatic heterocycles. The van der Waals surface area contributed by atoms with Gasteiger partial charge in [-0.2, -0.15) is 0 Å². The predicted molar refractivity (Wildman–Crippen MR) is 239 cm³/mol. The van der Waals surface area contributed by atoms with E-state index in [1.54, 1.807) is 5.20 Å². The fourth-order valence-electron chi connectivity index (χ4n) is 8.11. The molecule has 0 unspecified atom stereocenters. The molecule has 4 aromatic rings. The number of rotatable bonds is 4. The Morgan fingerprint density at radius 1 is 0.377 bits per heavy atom. The van der Waals surface area contributed by atoms with Crippen molar-refractivity contribution in [2.75, 3.05) is 0 Å². The molecule has 5 rings (SSSR count). The zero-order valence-electron chi connectivity index (χ0n) is 37.2. The molecule has 0 nitrogen and oxygen atoms in total. The Kier molecular flexibility index (Phi) is 10.3. The minimum absolute atomic E-state index is 0.0131. The highest BCUT2D eigenvalue weighted by Crippen LogP contribution is 2.42. The van der Waals surface area contributed by atoms with E-state index in [4.69, 9.17) is 0 Å². The molecule has 0 spiro atoms. The maximum Gasteiger partial charge on any atom is 0.180 e. The summed E-state index contributed by atoms with van der Waals surface area (Å²) in [4.78, 5) is 0. The van der Waals surface area contributed by atoms with Crippen LogP contribution in [-0.4, -0.2) is 8.07 Å². The summed E-state index contributed by atoms with van der Waals surface area (Å²) in [5.41, 5.74) is 12.9. The van der Waals surface area contributed by atoms with Crippen molar-refractivity contribution in [2.24, 2.45) is 0 Å². The maximum absolute atomic E-state index is 3.09. The molecule has 0 radical (unpaired) electrons. The second-order valence-corrected chi connectivity index (χ2v) is 26.4. The number of hydrogen-bond acceptors (Lipinski definition) is 0. The predicted octanol–water partition coefficient (Wildman–Crippen LogP) is 12.5. The van der Waals surface area contributed by atoms with Crippen molar-refractivity contribution < 1.29 is 0 Å². The van der Waals surface area contributed by atoms with Crippen LogP contribution in [0.1, 0.15) is 176 Å². The van der Waals surface area contributed by atoms with Crippen molar-refractivity contribution in [3.8, 4) is 0 Å². The largest absolute Gasteiger partial charge is 0.180 e. The van der Waals surface area contributed by atoms with E-state index in [1.807, 2.05) is 0 Å². The van der Waals surface area contributed by atoms with Crippen LogP contribution < -0.4 is 15.6 Å². The molecule has 0 fully saturated rings. The first-order chi connectivity index (χ1) is 23.9. The van der Waals surface area contributed by atoms with Crippen molar-refractivity contribution in [3.05, 3.63) is 129 Å². The molecule has 0 bridgehead atoms. The average Bonchev–Trinajstić information content (AvgIpc) is 3.34. The van der Waals surface area contributed by atoms with E-state index in [0.717, 1.165) is 6.42 Å². The maximum atomic E-state index is 2.66. The van der Waals surface area contributed by atoms with Crippen LogP contribution in [0.5, 0.6) is 0 Å². The smallest absolute Gasteiger partial charge is 0.0679 e. The first-order valence-electron chi connectivity index (χ1n) is 20.2. The molecule has 1 aliphatic carbocycles. The Morgan fingerprint density at radius 2 is 0.642 bits per heavy atom.